The van der Waals surface area contributed by atoms with Crippen molar-refractivity contribution in [3.63, 3.8) is 0 Å². The van der Waals surface area contributed by atoms with Crippen LogP contribution in [-0.4, -0.2) is 59.0 Å². The Bertz CT molecular complexity index is 990. The lowest BCUT2D eigenvalue weighted by atomic mass is 10.1. The number of hydrogen-bond donors (Lipinski definition) is 0. The Balaban J connectivity index is 1.49. The molecule has 2 aromatic heterocycles. The van der Waals surface area contributed by atoms with Crippen LogP contribution in [0.15, 0.2) is 55.1 Å². The minimum atomic E-state index is -0.466. The third-order valence-electron chi connectivity index (χ3n) is 4.93. The molecular formula is C21H20FN5O2. The fourth-order valence-corrected chi connectivity index (χ4v) is 3.33. The number of amides is 1. The zero-order valence-corrected chi connectivity index (χ0v) is 16.0. The largest absolute Gasteiger partial charge is 0.497 e. The van der Waals surface area contributed by atoms with Gasteiger partial charge >= 0.3 is 0 Å². The number of halogens is 1. The second-order valence-corrected chi connectivity index (χ2v) is 6.60. The van der Waals surface area contributed by atoms with Crippen LogP contribution in [0.1, 0.15) is 10.4 Å². The molecule has 1 aromatic carbocycles. The molecule has 0 saturated carbocycles. The highest BCUT2D eigenvalue weighted by molar-refractivity contribution is 5.94. The molecule has 0 atom stereocenters. The number of nitrogens with zero attached hydrogens (tertiary/aromatic N) is 5. The average Bonchev–Trinajstić information content (AvgIpc) is 2.80. The third kappa shape index (κ3) is 3.87. The number of rotatable bonds is 4. The van der Waals surface area contributed by atoms with Crippen molar-refractivity contribution in [2.75, 3.05) is 38.2 Å². The lowest BCUT2D eigenvalue weighted by molar-refractivity contribution is 0.0746. The maximum absolute atomic E-state index is 15.2. The second kappa shape index (κ2) is 8.22. The lowest BCUT2D eigenvalue weighted by Gasteiger charge is -2.35. The van der Waals surface area contributed by atoms with Crippen LogP contribution in [0, 0.1) is 5.82 Å². The number of methoxy groups -OCH3 is 1. The monoisotopic (exact) mass is 393 g/mol. The van der Waals surface area contributed by atoms with Crippen LogP contribution < -0.4 is 9.64 Å². The molecule has 0 radical (unpaired) electrons. The summed E-state index contributed by atoms with van der Waals surface area (Å²) in [5.41, 5.74) is 1.50. The van der Waals surface area contributed by atoms with E-state index in [1.54, 1.807) is 60.8 Å². The molecular weight excluding hydrogens is 373 g/mol. The topological polar surface area (TPSA) is 71.5 Å². The molecule has 1 saturated heterocycles. The Morgan fingerprint density at radius 2 is 1.69 bits per heavy atom. The van der Waals surface area contributed by atoms with Crippen LogP contribution >= 0.6 is 0 Å². The molecule has 1 aliphatic rings. The highest BCUT2D eigenvalue weighted by Crippen LogP contribution is 2.28. The first-order valence-electron chi connectivity index (χ1n) is 9.26. The van der Waals surface area contributed by atoms with Crippen LogP contribution in [0.3, 0.4) is 0 Å². The summed E-state index contributed by atoms with van der Waals surface area (Å²) in [6.45, 7) is 1.96. The molecule has 3 heterocycles. The van der Waals surface area contributed by atoms with Crippen molar-refractivity contribution in [1.29, 1.82) is 0 Å². The van der Waals surface area contributed by atoms with Gasteiger partial charge in [0.2, 0.25) is 0 Å². The van der Waals surface area contributed by atoms with Gasteiger partial charge in [0.15, 0.2) is 11.6 Å². The fraction of sp³-hybridized carbons (Fsp3) is 0.238. The summed E-state index contributed by atoms with van der Waals surface area (Å²) >= 11 is 0. The summed E-state index contributed by atoms with van der Waals surface area (Å²) in [6, 6.07) is 10.4. The van der Waals surface area contributed by atoms with Crippen LogP contribution in [0.2, 0.25) is 0 Å². The summed E-state index contributed by atoms with van der Waals surface area (Å²) in [5.74, 6) is 0.431. The maximum Gasteiger partial charge on any atom is 0.254 e. The van der Waals surface area contributed by atoms with Gasteiger partial charge in [0.25, 0.3) is 5.91 Å². The first kappa shape index (κ1) is 18.8. The summed E-state index contributed by atoms with van der Waals surface area (Å²) in [7, 11) is 1.58. The molecule has 0 unspecified atom stereocenters. The van der Waals surface area contributed by atoms with Crippen LogP contribution in [-0.2, 0) is 0 Å². The van der Waals surface area contributed by atoms with E-state index in [0.717, 1.165) is 0 Å². The Morgan fingerprint density at radius 1 is 1.00 bits per heavy atom. The molecule has 0 spiro atoms. The number of benzene rings is 1. The van der Waals surface area contributed by atoms with Gasteiger partial charge in [0.1, 0.15) is 17.8 Å². The zero-order valence-electron chi connectivity index (χ0n) is 16.0. The normalized spacial score (nSPS) is 14.0. The molecule has 0 bridgehead atoms. The number of piperazine rings is 1. The van der Waals surface area contributed by atoms with Crippen molar-refractivity contribution in [2.24, 2.45) is 0 Å². The Morgan fingerprint density at radius 3 is 2.34 bits per heavy atom. The molecule has 0 N–H and O–H groups in total. The summed E-state index contributed by atoms with van der Waals surface area (Å²) in [5, 5.41) is 0. The van der Waals surface area contributed by atoms with Crippen LogP contribution in [0.4, 0.5) is 10.2 Å². The average molecular weight is 393 g/mol. The minimum absolute atomic E-state index is 0.0471. The highest BCUT2D eigenvalue weighted by atomic mass is 19.1. The van der Waals surface area contributed by atoms with Gasteiger partial charge in [-0.25, -0.2) is 14.4 Å². The van der Waals surface area contributed by atoms with Gasteiger partial charge in [0.05, 0.1) is 7.11 Å². The SMILES string of the molecule is COc1ccc(-c2ncnc(N3CCN(C(=O)c4ccncc4)CC3)c2F)cc1. The minimum Gasteiger partial charge on any atom is -0.497 e. The zero-order chi connectivity index (χ0) is 20.2. The summed E-state index contributed by atoms with van der Waals surface area (Å²) in [4.78, 5) is 28.4. The van der Waals surface area contributed by atoms with Gasteiger partial charge in [-0.1, -0.05) is 0 Å². The number of pyridine rings is 1. The van der Waals surface area contributed by atoms with E-state index in [0.29, 0.717) is 43.1 Å². The van der Waals surface area contributed by atoms with Gasteiger partial charge < -0.3 is 14.5 Å². The van der Waals surface area contributed by atoms with Crippen LogP contribution in [0.5, 0.6) is 5.75 Å². The van der Waals surface area contributed by atoms with Gasteiger partial charge in [-0.05, 0) is 36.4 Å². The second-order valence-electron chi connectivity index (χ2n) is 6.60. The number of carbonyl (C=O) groups is 1. The first-order chi connectivity index (χ1) is 14.2. The van der Waals surface area contributed by atoms with Crippen molar-refractivity contribution in [3.8, 4) is 17.0 Å². The van der Waals surface area contributed by atoms with Crippen molar-refractivity contribution in [2.45, 2.75) is 0 Å². The summed E-state index contributed by atoms with van der Waals surface area (Å²) in [6.07, 6.45) is 4.56. The van der Waals surface area contributed by atoms with Gasteiger partial charge in [-0.15, -0.1) is 0 Å². The van der Waals surface area contributed by atoms with Gasteiger partial charge in [0, 0.05) is 49.7 Å². The number of carbonyl (C=O) groups excluding carboxylic acids is 1. The van der Waals surface area contributed by atoms with Gasteiger partial charge in [-0.2, -0.15) is 0 Å². The Labute approximate surface area is 167 Å². The molecule has 8 heteroatoms. The molecule has 1 fully saturated rings. The molecule has 148 valence electrons. The predicted molar refractivity (Wildman–Crippen MR) is 106 cm³/mol. The number of anilines is 1. The van der Waals surface area contributed by atoms with Crippen molar-refractivity contribution < 1.29 is 13.9 Å². The van der Waals surface area contributed by atoms with E-state index in [9.17, 15) is 4.79 Å². The van der Waals surface area contributed by atoms with Crippen molar-refractivity contribution in [3.05, 3.63) is 66.5 Å². The van der Waals surface area contributed by atoms with E-state index in [-0.39, 0.29) is 17.4 Å². The van der Waals surface area contributed by atoms with Gasteiger partial charge in [-0.3, -0.25) is 9.78 Å². The van der Waals surface area contributed by atoms with E-state index >= 15 is 4.39 Å². The van der Waals surface area contributed by atoms with E-state index in [1.165, 1.54) is 6.33 Å². The first-order valence-corrected chi connectivity index (χ1v) is 9.26. The summed E-state index contributed by atoms with van der Waals surface area (Å²) < 4.78 is 20.3. The number of aromatic nitrogens is 3. The van der Waals surface area contributed by atoms with Crippen molar-refractivity contribution in [1.82, 2.24) is 19.9 Å². The van der Waals surface area contributed by atoms with E-state index in [4.69, 9.17) is 4.74 Å². The maximum atomic E-state index is 15.2. The van der Waals surface area contributed by atoms with E-state index < -0.39 is 5.82 Å². The molecule has 0 aliphatic carbocycles. The Kier molecular flexibility index (Phi) is 5.33. The fourth-order valence-electron chi connectivity index (χ4n) is 3.33. The van der Waals surface area contributed by atoms with E-state index in [2.05, 4.69) is 15.0 Å². The molecule has 1 aliphatic heterocycles. The lowest BCUT2D eigenvalue weighted by Crippen LogP contribution is -2.49. The molecule has 4 rings (SSSR count). The smallest absolute Gasteiger partial charge is 0.254 e. The van der Waals surface area contributed by atoms with E-state index in [1.807, 2.05) is 4.90 Å². The molecule has 3 aromatic rings. The van der Waals surface area contributed by atoms with Crippen molar-refractivity contribution >= 4 is 11.7 Å². The highest BCUT2D eigenvalue weighted by Gasteiger charge is 2.25. The molecule has 1 amide bonds. The van der Waals surface area contributed by atoms with Crippen LogP contribution in [0.25, 0.3) is 11.3 Å². The predicted octanol–water partition coefficient (Wildman–Crippen LogP) is 2.65. The molecule has 29 heavy (non-hydrogen) atoms. The number of ether oxygens (including phenoxy) is 1. The Hall–Kier alpha value is -3.55. The number of hydrogen-bond acceptors (Lipinski definition) is 6. The standard InChI is InChI=1S/C21H20FN5O2/c1-29-17-4-2-15(3-5-17)19-18(22)20(25-14-24-19)26-10-12-27(13-11-26)21(28)16-6-8-23-9-7-16/h2-9,14H,10-13H2,1H3. The molecule has 7 nitrogen and oxygen atoms in total. The quantitative estimate of drug-likeness (QED) is 0.679. The third-order valence-corrected chi connectivity index (χ3v) is 4.93.